The van der Waals surface area contributed by atoms with Gasteiger partial charge in [-0.05, 0) is 6.92 Å². The van der Waals surface area contributed by atoms with Gasteiger partial charge in [-0.25, -0.2) is 0 Å². The van der Waals surface area contributed by atoms with Crippen LogP contribution in [0.4, 0.5) is 0 Å². The van der Waals surface area contributed by atoms with Crippen molar-refractivity contribution in [1.29, 1.82) is 0 Å². The first-order valence-corrected chi connectivity index (χ1v) is 4.43. The second kappa shape index (κ2) is 5.23. The van der Waals surface area contributed by atoms with Crippen molar-refractivity contribution in [2.75, 3.05) is 6.61 Å². The van der Waals surface area contributed by atoms with Gasteiger partial charge in [-0.2, -0.15) is 0 Å². The van der Waals surface area contributed by atoms with Crippen molar-refractivity contribution in [2.24, 2.45) is 0 Å². The van der Waals surface area contributed by atoms with Crippen molar-refractivity contribution in [3.63, 3.8) is 0 Å². The van der Waals surface area contributed by atoms with Crippen LogP contribution in [0.5, 0.6) is 0 Å². The first-order chi connectivity index (χ1) is 4.16. The Hall–Kier alpha value is 0.430. The average molecular weight is 260 g/mol. The molecule has 0 aliphatic rings. The molecule has 0 rings (SSSR count). The summed E-state index contributed by atoms with van der Waals surface area (Å²) < 4.78 is 4.69. The number of rotatable bonds is 3. The Bertz CT molecular complexity index is 93.0. The fourth-order valence-corrected chi connectivity index (χ4v) is 0.875. The predicted molar refractivity (Wildman–Crippen MR) is 42.9 cm³/mol. The first-order valence-electron chi connectivity index (χ1n) is 2.60. The zero-order valence-corrected chi connectivity index (χ0v) is 8.24. The highest BCUT2D eigenvalue weighted by atomic mass is 79.9. The van der Waals surface area contributed by atoms with Crippen LogP contribution < -0.4 is 0 Å². The van der Waals surface area contributed by atoms with Gasteiger partial charge in [0.05, 0.1) is 16.8 Å². The third-order valence-electron chi connectivity index (χ3n) is 0.626. The second-order valence-electron chi connectivity index (χ2n) is 1.40. The van der Waals surface area contributed by atoms with Gasteiger partial charge in [-0.3, -0.25) is 4.79 Å². The van der Waals surface area contributed by atoms with Crippen LogP contribution in [0, 0.1) is 0 Å². The number of esters is 1. The van der Waals surface area contributed by atoms with E-state index < -0.39 is 0 Å². The molecule has 0 N–H and O–H groups in total. The van der Waals surface area contributed by atoms with E-state index in [0.717, 1.165) is 0 Å². The standard InChI is InChI=1S/C5H8Br2O2/c1-2-9-5(8)3-4(6)7/h4H,2-3H2,1H3. The molecule has 0 aliphatic carbocycles. The normalized spacial score (nSPS) is 9.78. The van der Waals surface area contributed by atoms with E-state index in [9.17, 15) is 4.79 Å². The number of halogens is 2. The van der Waals surface area contributed by atoms with Crippen LogP contribution in [-0.4, -0.2) is 16.3 Å². The summed E-state index contributed by atoms with van der Waals surface area (Å²) in [6.07, 6.45) is 0.369. The molecule has 0 aliphatic heterocycles. The fourth-order valence-electron chi connectivity index (χ4n) is 0.346. The van der Waals surface area contributed by atoms with Gasteiger partial charge >= 0.3 is 5.97 Å². The van der Waals surface area contributed by atoms with Crippen LogP contribution in [-0.2, 0) is 9.53 Å². The molecule has 54 valence electrons. The Kier molecular flexibility index (Phi) is 5.48. The molecule has 0 fully saturated rings. The summed E-state index contributed by atoms with van der Waals surface area (Å²) in [4.78, 5) is 10.6. The highest BCUT2D eigenvalue weighted by molar-refractivity contribution is 9.24. The minimum Gasteiger partial charge on any atom is -0.466 e. The summed E-state index contributed by atoms with van der Waals surface area (Å²) in [7, 11) is 0. The summed E-state index contributed by atoms with van der Waals surface area (Å²) in [5, 5.41) is 0. The molecule has 0 atom stereocenters. The molecule has 0 unspecified atom stereocenters. The number of carbonyl (C=O) groups is 1. The maximum atomic E-state index is 10.6. The van der Waals surface area contributed by atoms with E-state index in [1.54, 1.807) is 6.92 Å². The molecule has 0 radical (unpaired) electrons. The molecule has 0 saturated heterocycles. The molecule has 4 heteroatoms. The van der Waals surface area contributed by atoms with Crippen molar-refractivity contribution >= 4 is 37.8 Å². The Labute approximate surface area is 71.2 Å². The van der Waals surface area contributed by atoms with Crippen LogP contribution >= 0.6 is 31.9 Å². The Morgan fingerprint density at radius 2 is 2.22 bits per heavy atom. The van der Waals surface area contributed by atoms with Crippen molar-refractivity contribution < 1.29 is 9.53 Å². The van der Waals surface area contributed by atoms with Crippen molar-refractivity contribution in [3.05, 3.63) is 0 Å². The van der Waals surface area contributed by atoms with E-state index in [-0.39, 0.29) is 9.71 Å². The van der Waals surface area contributed by atoms with Gasteiger partial charge < -0.3 is 4.74 Å². The zero-order valence-electron chi connectivity index (χ0n) is 5.06. The van der Waals surface area contributed by atoms with E-state index in [0.29, 0.717) is 13.0 Å². The predicted octanol–water partition coefficient (Wildman–Crippen LogP) is 2.06. The van der Waals surface area contributed by atoms with Crippen LogP contribution in [0.2, 0.25) is 0 Å². The Balaban J connectivity index is 3.27. The van der Waals surface area contributed by atoms with Gasteiger partial charge in [0.1, 0.15) is 0 Å². The van der Waals surface area contributed by atoms with E-state index >= 15 is 0 Å². The fraction of sp³-hybridized carbons (Fsp3) is 0.800. The topological polar surface area (TPSA) is 26.3 Å². The van der Waals surface area contributed by atoms with Gasteiger partial charge in [0.25, 0.3) is 0 Å². The molecule has 0 bridgehead atoms. The van der Waals surface area contributed by atoms with Gasteiger partial charge in [-0.1, -0.05) is 31.9 Å². The molecule has 0 aromatic rings. The average Bonchev–Trinajstić information content (AvgIpc) is 1.63. The van der Waals surface area contributed by atoms with Crippen LogP contribution in [0.3, 0.4) is 0 Å². The number of carbonyl (C=O) groups excluding carboxylic acids is 1. The Morgan fingerprint density at radius 1 is 1.67 bits per heavy atom. The molecule has 2 nitrogen and oxygen atoms in total. The van der Waals surface area contributed by atoms with E-state index in [1.165, 1.54) is 0 Å². The van der Waals surface area contributed by atoms with Gasteiger partial charge in [0.15, 0.2) is 0 Å². The number of hydrogen-bond donors (Lipinski definition) is 0. The monoisotopic (exact) mass is 258 g/mol. The summed E-state index contributed by atoms with van der Waals surface area (Å²) in [6, 6.07) is 0. The van der Waals surface area contributed by atoms with Crippen LogP contribution in [0.25, 0.3) is 0 Å². The smallest absolute Gasteiger partial charge is 0.307 e. The molecule has 0 amide bonds. The minimum atomic E-state index is -0.184. The van der Waals surface area contributed by atoms with Crippen LogP contribution in [0.1, 0.15) is 13.3 Å². The number of ether oxygens (including phenoxy) is 1. The SMILES string of the molecule is CCOC(=O)CC(Br)Br. The molecule has 0 spiro atoms. The lowest BCUT2D eigenvalue weighted by Gasteiger charge is -2.00. The minimum absolute atomic E-state index is 0.0315. The molecule has 0 aromatic carbocycles. The van der Waals surface area contributed by atoms with Gasteiger partial charge in [0.2, 0.25) is 0 Å². The summed E-state index contributed by atoms with van der Waals surface area (Å²) >= 11 is 6.32. The maximum Gasteiger partial charge on any atom is 0.307 e. The third-order valence-corrected chi connectivity index (χ3v) is 1.27. The zero-order chi connectivity index (χ0) is 7.28. The molecule has 0 heterocycles. The number of hydrogen-bond acceptors (Lipinski definition) is 2. The molecule has 9 heavy (non-hydrogen) atoms. The van der Waals surface area contributed by atoms with Crippen LogP contribution in [0.15, 0.2) is 0 Å². The largest absolute Gasteiger partial charge is 0.466 e. The molecule has 0 aromatic heterocycles. The lowest BCUT2D eigenvalue weighted by molar-refractivity contribution is -0.142. The van der Waals surface area contributed by atoms with Gasteiger partial charge in [0, 0.05) is 0 Å². The molecular weight excluding hydrogens is 252 g/mol. The van der Waals surface area contributed by atoms with Crippen molar-refractivity contribution in [3.8, 4) is 0 Å². The summed E-state index contributed by atoms with van der Waals surface area (Å²) in [6.45, 7) is 2.24. The summed E-state index contributed by atoms with van der Waals surface area (Å²) in [5.41, 5.74) is 0. The molecular formula is C5H8Br2O2. The molecule has 0 saturated carbocycles. The first kappa shape index (κ1) is 9.43. The highest BCUT2D eigenvalue weighted by Gasteiger charge is 2.06. The lowest BCUT2D eigenvalue weighted by Crippen LogP contribution is -2.06. The Morgan fingerprint density at radius 3 is 2.56 bits per heavy atom. The summed E-state index contributed by atoms with van der Waals surface area (Å²) in [5.74, 6) is -0.184. The van der Waals surface area contributed by atoms with Crippen molar-refractivity contribution in [2.45, 2.75) is 17.1 Å². The van der Waals surface area contributed by atoms with E-state index in [4.69, 9.17) is 0 Å². The van der Waals surface area contributed by atoms with Gasteiger partial charge in [-0.15, -0.1) is 0 Å². The quantitative estimate of drug-likeness (QED) is 0.573. The number of alkyl halides is 2. The highest BCUT2D eigenvalue weighted by Crippen LogP contribution is 2.12. The third kappa shape index (κ3) is 6.31. The second-order valence-corrected chi connectivity index (χ2v) is 4.84. The van der Waals surface area contributed by atoms with E-state index in [2.05, 4.69) is 36.6 Å². The maximum absolute atomic E-state index is 10.6. The lowest BCUT2D eigenvalue weighted by atomic mass is 10.5. The van der Waals surface area contributed by atoms with Crippen molar-refractivity contribution in [1.82, 2.24) is 0 Å². The van der Waals surface area contributed by atoms with E-state index in [1.807, 2.05) is 0 Å².